The van der Waals surface area contributed by atoms with E-state index in [9.17, 15) is 4.79 Å². The van der Waals surface area contributed by atoms with Gasteiger partial charge in [0.05, 0.1) is 11.6 Å². The van der Waals surface area contributed by atoms with E-state index < -0.39 is 6.04 Å². The molecule has 0 aliphatic carbocycles. The number of H-pyrrole nitrogens is 1. The number of halogens is 1. The lowest BCUT2D eigenvalue weighted by Gasteiger charge is -2.08. The maximum atomic E-state index is 11.9. The Bertz CT molecular complexity index is 581. The van der Waals surface area contributed by atoms with Crippen LogP contribution in [-0.2, 0) is 11.2 Å². The van der Waals surface area contributed by atoms with Crippen molar-refractivity contribution >= 4 is 17.5 Å². The molecule has 0 saturated carbocycles. The van der Waals surface area contributed by atoms with Crippen LogP contribution in [0.3, 0.4) is 0 Å². The van der Waals surface area contributed by atoms with Crippen LogP contribution in [0.4, 0.5) is 0 Å². The van der Waals surface area contributed by atoms with Gasteiger partial charge in [-0.1, -0.05) is 16.8 Å². The molecule has 108 valence electrons. The molecular formula is C12H15ClN4O3. The summed E-state index contributed by atoms with van der Waals surface area (Å²) in [5.41, 5.74) is 0.376. The predicted octanol–water partition coefficient (Wildman–Crippen LogP) is 1.73. The number of ether oxygens (including phenoxy) is 1. The van der Waals surface area contributed by atoms with Crippen molar-refractivity contribution in [3.05, 3.63) is 34.7 Å². The lowest BCUT2D eigenvalue weighted by Crippen LogP contribution is -2.27. The Balaban J connectivity index is 1.95. The molecule has 20 heavy (non-hydrogen) atoms. The minimum absolute atomic E-state index is 0.291. The molecule has 0 bridgehead atoms. The van der Waals surface area contributed by atoms with E-state index in [1.807, 2.05) is 0 Å². The summed E-state index contributed by atoms with van der Waals surface area (Å²) < 4.78 is 10.0. The van der Waals surface area contributed by atoms with E-state index >= 15 is 0 Å². The number of aromatic nitrogens is 3. The molecule has 2 heterocycles. The van der Waals surface area contributed by atoms with Crippen molar-refractivity contribution in [1.29, 1.82) is 0 Å². The second-order valence-corrected chi connectivity index (χ2v) is 4.65. The van der Waals surface area contributed by atoms with Gasteiger partial charge >= 0.3 is 0 Å². The van der Waals surface area contributed by atoms with Gasteiger partial charge in [0.25, 0.3) is 5.91 Å². The van der Waals surface area contributed by atoms with Gasteiger partial charge in [-0.25, -0.2) is 0 Å². The summed E-state index contributed by atoms with van der Waals surface area (Å²) in [6.07, 6.45) is 2.10. The summed E-state index contributed by atoms with van der Waals surface area (Å²) in [6, 6.07) is 1.15. The molecule has 0 aromatic carbocycles. The van der Waals surface area contributed by atoms with Gasteiger partial charge in [-0.3, -0.25) is 4.79 Å². The third-order valence-electron chi connectivity index (χ3n) is 2.62. The van der Waals surface area contributed by atoms with Gasteiger partial charge in [-0.05, 0) is 13.0 Å². The molecule has 0 aliphatic heterocycles. The fraction of sp³-hybridized carbons (Fsp3) is 0.417. The zero-order chi connectivity index (χ0) is 14.5. The summed E-state index contributed by atoms with van der Waals surface area (Å²) in [4.78, 5) is 18.9. The smallest absolute Gasteiger partial charge is 0.268 e. The van der Waals surface area contributed by atoms with Gasteiger partial charge in [0.1, 0.15) is 11.7 Å². The second-order valence-electron chi connectivity index (χ2n) is 4.22. The van der Waals surface area contributed by atoms with Crippen molar-refractivity contribution in [1.82, 2.24) is 20.4 Å². The Hall–Kier alpha value is -1.86. The number of carbonyl (C=O) groups is 1. The van der Waals surface area contributed by atoms with Crippen molar-refractivity contribution < 1.29 is 14.1 Å². The molecule has 0 fully saturated rings. The average molecular weight is 299 g/mol. The van der Waals surface area contributed by atoms with Crippen LogP contribution in [-0.4, -0.2) is 34.7 Å². The van der Waals surface area contributed by atoms with Crippen molar-refractivity contribution in [3.8, 4) is 0 Å². The highest BCUT2D eigenvalue weighted by Crippen LogP contribution is 2.13. The third kappa shape index (κ3) is 3.58. The first-order valence-electron chi connectivity index (χ1n) is 6.06. The SMILES string of the molecule is COCCc1noc([C@@H](C)NC(=O)c2cc(Cl)c[nH]2)n1. The van der Waals surface area contributed by atoms with E-state index in [2.05, 4.69) is 20.4 Å². The van der Waals surface area contributed by atoms with Crippen LogP contribution < -0.4 is 5.32 Å². The number of nitrogens with one attached hydrogen (secondary N) is 2. The van der Waals surface area contributed by atoms with Crippen LogP contribution in [0.1, 0.15) is 35.2 Å². The van der Waals surface area contributed by atoms with E-state index in [1.165, 1.54) is 6.20 Å². The van der Waals surface area contributed by atoms with Gasteiger partial charge in [0.2, 0.25) is 5.89 Å². The van der Waals surface area contributed by atoms with E-state index in [0.717, 1.165) is 0 Å². The number of amides is 1. The topological polar surface area (TPSA) is 93.0 Å². The molecule has 7 nitrogen and oxygen atoms in total. The van der Waals surface area contributed by atoms with Crippen LogP contribution in [0, 0.1) is 0 Å². The average Bonchev–Trinajstić information content (AvgIpc) is 3.05. The van der Waals surface area contributed by atoms with Crippen LogP contribution in [0.2, 0.25) is 5.02 Å². The van der Waals surface area contributed by atoms with E-state index in [0.29, 0.717) is 35.5 Å². The normalized spacial score (nSPS) is 12.3. The molecular weight excluding hydrogens is 284 g/mol. The van der Waals surface area contributed by atoms with Crippen LogP contribution >= 0.6 is 11.6 Å². The van der Waals surface area contributed by atoms with Crippen LogP contribution in [0.5, 0.6) is 0 Å². The van der Waals surface area contributed by atoms with Crippen LogP contribution in [0.25, 0.3) is 0 Å². The molecule has 0 aliphatic rings. The summed E-state index contributed by atoms with van der Waals surface area (Å²) >= 11 is 5.75. The molecule has 2 aromatic rings. The number of methoxy groups -OCH3 is 1. The Morgan fingerprint density at radius 1 is 1.65 bits per heavy atom. The first-order valence-corrected chi connectivity index (χ1v) is 6.44. The second kappa shape index (κ2) is 6.53. The largest absolute Gasteiger partial charge is 0.384 e. The van der Waals surface area contributed by atoms with Crippen molar-refractivity contribution in [2.45, 2.75) is 19.4 Å². The van der Waals surface area contributed by atoms with Gasteiger partial charge in [0.15, 0.2) is 5.82 Å². The number of carbonyl (C=O) groups excluding carboxylic acids is 1. The molecule has 0 radical (unpaired) electrons. The molecule has 2 rings (SSSR count). The first-order chi connectivity index (χ1) is 9.60. The van der Waals surface area contributed by atoms with E-state index in [1.54, 1.807) is 20.1 Å². The lowest BCUT2D eigenvalue weighted by atomic mass is 10.3. The highest BCUT2D eigenvalue weighted by Gasteiger charge is 2.18. The summed E-state index contributed by atoms with van der Waals surface area (Å²) in [6.45, 7) is 2.27. The predicted molar refractivity (Wildman–Crippen MR) is 71.6 cm³/mol. The van der Waals surface area contributed by atoms with E-state index in [-0.39, 0.29) is 5.91 Å². The molecule has 1 atom stereocenters. The Morgan fingerprint density at radius 2 is 2.45 bits per heavy atom. The van der Waals surface area contributed by atoms with E-state index in [4.69, 9.17) is 20.9 Å². The number of nitrogens with zero attached hydrogens (tertiary/aromatic N) is 2. The minimum atomic E-state index is -0.395. The highest BCUT2D eigenvalue weighted by molar-refractivity contribution is 6.30. The van der Waals surface area contributed by atoms with Crippen LogP contribution in [0.15, 0.2) is 16.8 Å². The molecule has 0 unspecified atom stereocenters. The Morgan fingerprint density at radius 3 is 3.10 bits per heavy atom. The highest BCUT2D eigenvalue weighted by atomic mass is 35.5. The molecule has 0 spiro atoms. The molecule has 2 N–H and O–H groups in total. The molecule has 1 amide bonds. The van der Waals surface area contributed by atoms with Gasteiger partial charge in [-0.2, -0.15) is 4.98 Å². The fourth-order valence-electron chi connectivity index (χ4n) is 1.57. The number of hydrogen-bond donors (Lipinski definition) is 2. The quantitative estimate of drug-likeness (QED) is 0.847. The van der Waals surface area contributed by atoms with Gasteiger partial charge < -0.3 is 19.6 Å². The Labute approximate surface area is 120 Å². The van der Waals surface area contributed by atoms with Crippen molar-refractivity contribution in [2.24, 2.45) is 0 Å². The summed E-state index contributed by atoms with van der Waals surface area (Å²) in [7, 11) is 1.60. The lowest BCUT2D eigenvalue weighted by molar-refractivity contribution is 0.0928. The molecule has 8 heteroatoms. The molecule has 2 aromatic heterocycles. The zero-order valence-corrected chi connectivity index (χ0v) is 11.9. The minimum Gasteiger partial charge on any atom is -0.384 e. The fourth-order valence-corrected chi connectivity index (χ4v) is 1.74. The number of aromatic amines is 1. The Kier molecular flexibility index (Phi) is 4.75. The monoisotopic (exact) mass is 298 g/mol. The maximum Gasteiger partial charge on any atom is 0.268 e. The van der Waals surface area contributed by atoms with Crippen molar-refractivity contribution in [3.63, 3.8) is 0 Å². The zero-order valence-electron chi connectivity index (χ0n) is 11.1. The molecule has 0 saturated heterocycles. The third-order valence-corrected chi connectivity index (χ3v) is 2.84. The van der Waals surface area contributed by atoms with Gasteiger partial charge in [-0.15, -0.1) is 0 Å². The maximum absolute atomic E-state index is 11.9. The van der Waals surface area contributed by atoms with Gasteiger partial charge in [0, 0.05) is 19.7 Å². The standard InChI is InChI=1S/C12H15ClN4O3/c1-7(12-16-10(17-20-12)3-4-19-2)15-11(18)9-5-8(13)6-14-9/h5-7,14H,3-4H2,1-2H3,(H,15,18)/t7-/m1/s1. The number of rotatable bonds is 6. The number of hydrogen-bond acceptors (Lipinski definition) is 5. The summed E-state index contributed by atoms with van der Waals surface area (Å²) in [5.74, 6) is 0.606. The summed E-state index contributed by atoms with van der Waals surface area (Å²) in [5, 5.41) is 7.03. The van der Waals surface area contributed by atoms with Crippen molar-refractivity contribution in [2.75, 3.05) is 13.7 Å². The first kappa shape index (κ1) is 14.5.